The predicted molar refractivity (Wildman–Crippen MR) is 152 cm³/mol. The van der Waals surface area contributed by atoms with Gasteiger partial charge < -0.3 is 9.47 Å². The zero-order valence-corrected chi connectivity index (χ0v) is 23.2. The van der Waals surface area contributed by atoms with Crippen molar-refractivity contribution in [2.45, 2.75) is 24.5 Å². The molecular weight excluding hydrogens is 554 g/mol. The average molecular weight is 579 g/mol. The van der Waals surface area contributed by atoms with E-state index in [1.54, 1.807) is 36.9 Å². The number of aromatic nitrogens is 1. The topological polar surface area (TPSA) is 69.9 Å². The van der Waals surface area contributed by atoms with Crippen molar-refractivity contribution in [2.24, 2.45) is 4.99 Å². The van der Waals surface area contributed by atoms with Crippen molar-refractivity contribution < 1.29 is 23.0 Å². The normalized spacial score (nSPS) is 15.1. The van der Waals surface area contributed by atoms with Gasteiger partial charge in [-0.25, -0.2) is 9.79 Å². The number of alkyl halides is 2. The van der Waals surface area contributed by atoms with Gasteiger partial charge in [0.2, 0.25) is 0 Å². The monoisotopic (exact) mass is 578 g/mol. The number of benzene rings is 3. The first-order chi connectivity index (χ1) is 19.4. The maximum absolute atomic E-state index is 13.9. The van der Waals surface area contributed by atoms with Crippen LogP contribution >= 0.6 is 23.1 Å². The Morgan fingerprint density at radius 2 is 1.77 bits per heavy atom. The smallest absolute Gasteiger partial charge is 0.387 e. The Bertz CT molecular complexity index is 1730. The van der Waals surface area contributed by atoms with Gasteiger partial charge >= 0.3 is 12.6 Å². The number of nitrogens with zero attached hydrogens (tertiary/aromatic N) is 2. The van der Waals surface area contributed by atoms with Gasteiger partial charge in [-0.05, 0) is 54.6 Å². The molecule has 0 N–H and O–H groups in total. The molecule has 2 heterocycles. The van der Waals surface area contributed by atoms with Crippen LogP contribution in [-0.2, 0) is 9.53 Å². The van der Waals surface area contributed by atoms with E-state index in [9.17, 15) is 18.4 Å². The van der Waals surface area contributed by atoms with Crippen LogP contribution in [0.15, 0.2) is 99.1 Å². The summed E-state index contributed by atoms with van der Waals surface area (Å²) >= 11 is 2.78. The highest BCUT2D eigenvalue weighted by atomic mass is 32.2. The Balaban J connectivity index is 1.74. The molecule has 0 saturated carbocycles. The van der Waals surface area contributed by atoms with Gasteiger partial charge in [-0.2, -0.15) is 8.78 Å². The van der Waals surface area contributed by atoms with E-state index in [0.29, 0.717) is 20.6 Å². The molecule has 1 atom stereocenters. The number of thiazole rings is 1. The number of fused-ring (bicyclic) bond motifs is 1. The van der Waals surface area contributed by atoms with Crippen LogP contribution in [0.3, 0.4) is 0 Å². The van der Waals surface area contributed by atoms with Gasteiger partial charge in [-0.15, -0.1) is 11.8 Å². The molecule has 0 saturated heterocycles. The van der Waals surface area contributed by atoms with Crippen LogP contribution in [-0.4, -0.2) is 30.0 Å². The lowest BCUT2D eigenvalue weighted by atomic mass is 9.93. The van der Waals surface area contributed by atoms with Gasteiger partial charge in [0.15, 0.2) is 4.80 Å². The third kappa shape index (κ3) is 5.64. The van der Waals surface area contributed by atoms with Gasteiger partial charge in [0, 0.05) is 10.5 Å². The summed E-state index contributed by atoms with van der Waals surface area (Å²) in [7, 11) is 0. The molecular formula is C30H24F2N2O4S2. The summed E-state index contributed by atoms with van der Waals surface area (Å²) in [5, 5.41) is 0. The van der Waals surface area contributed by atoms with Gasteiger partial charge in [0.05, 0.1) is 28.5 Å². The van der Waals surface area contributed by atoms with E-state index in [1.807, 2.05) is 60.9 Å². The highest BCUT2D eigenvalue weighted by Crippen LogP contribution is 2.35. The molecule has 0 amide bonds. The Kier molecular flexibility index (Phi) is 8.27. The van der Waals surface area contributed by atoms with Crippen LogP contribution in [0.5, 0.6) is 5.75 Å². The summed E-state index contributed by atoms with van der Waals surface area (Å²) in [4.78, 5) is 33.7. The number of thioether (sulfide) groups is 1. The minimum absolute atomic E-state index is 0.0221. The number of ether oxygens (including phenoxy) is 2. The molecule has 1 aliphatic heterocycles. The fourth-order valence-corrected chi connectivity index (χ4v) is 5.85. The number of rotatable bonds is 8. The third-order valence-electron chi connectivity index (χ3n) is 6.21. The molecule has 0 unspecified atom stereocenters. The van der Waals surface area contributed by atoms with E-state index in [1.165, 1.54) is 28.0 Å². The molecule has 5 rings (SSSR count). The number of hydrogen-bond donors (Lipinski definition) is 0. The van der Waals surface area contributed by atoms with E-state index in [2.05, 4.69) is 4.74 Å². The molecule has 1 aliphatic rings. The fourth-order valence-electron chi connectivity index (χ4n) is 4.44. The van der Waals surface area contributed by atoms with Gasteiger partial charge in [-0.3, -0.25) is 9.36 Å². The Morgan fingerprint density at radius 3 is 2.40 bits per heavy atom. The SMILES string of the molecule is CCOC(=O)C1=C(c2ccccc2)N=c2s/c(=C/c3ccc(OC(F)F)cc3)c(=O)n2[C@H]1c1ccc(SC)cc1. The summed E-state index contributed by atoms with van der Waals surface area (Å²) in [6.45, 7) is -1.03. The number of esters is 1. The van der Waals surface area contributed by atoms with Crippen LogP contribution in [0, 0.1) is 0 Å². The highest BCUT2D eigenvalue weighted by Gasteiger charge is 2.35. The minimum atomic E-state index is -2.92. The second kappa shape index (κ2) is 12.0. The molecule has 204 valence electrons. The molecule has 0 bridgehead atoms. The molecule has 6 nitrogen and oxygen atoms in total. The van der Waals surface area contributed by atoms with Gasteiger partial charge in [0.25, 0.3) is 5.56 Å². The zero-order valence-electron chi connectivity index (χ0n) is 21.5. The molecule has 40 heavy (non-hydrogen) atoms. The molecule has 4 aromatic rings. The summed E-state index contributed by atoms with van der Waals surface area (Å²) in [6, 6.07) is 22.3. The predicted octanol–water partition coefficient (Wildman–Crippen LogP) is 5.26. The number of hydrogen-bond acceptors (Lipinski definition) is 7. The van der Waals surface area contributed by atoms with Crippen LogP contribution in [0.4, 0.5) is 8.78 Å². The third-order valence-corrected chi connectivity index (χ3v) is 7.93. The van der Waals surface area contributed by atoms with Crippen molar-refractivity contribution in [1.29, 1.82) is 0 Å². The minimum Gasteiger partial charge on any atom is -0.463 e. The number of halogens is 2. The Labute approximate surface area is 236 Å². The van der Waals surface area contributed by atoms with E-state index >= 15 is 0 Å². The second-order valence-electron chi connectivity index (χ2n) is 8.65. The van der Waals surface area contributed by atoms with Crippen LogP contribution in [0.2, 0.25) is 0 Å². The summed E-state index contributed by atoms with van der Waals surface area (Å²) in [5.74, 6) is -0.526. The number of carbonyl (C=O) groups is 1. The fraction of sp³-hybridized carbons (Fsp3) is 0.167. The molecule has 0 spiro atoms. The first-order valence-corrected chi connectivity index (χ1v) is 14.4. The van der Waals surface area contributed by atoms with Crippen molar-refractivity contribution >= 4 is 40.8 Å². The molecule has 0 fully saturated rings. The first-order valence-electron chi connectivity index (χ1n) is 12.4. The molecule has 0 aliphatic carbocycles. The lowest BCUT2D eigenvalue weighted by Gasteiger charge is -2.26. The van der Waals surface area contributed by atoms with Crippen molar-refractivity contribution in [3.05, 3.63) is 121 Å². The Hall–Kier alpha value is -4.02. The largest absolute Gasteiger partial charge is 0.463 e. The zero-order chi connectivity index (χ0) is 28.2. The van der Waals surface area contributed by atoms with E-state index in [4.69, 9.17) is 9.73 Å². The average Bonchev–Trinajstić information content (AvgIpc) is 3.27. The van der Waals surface area contributed by atoms with Crippen molar-refractivity contribution in [3.63, 3.8) is 0 Å². The van der Waals surface area contributed by atoms with Crippen molar-refractivity contribution in [1.82, 2.24) is 4.57 Å². The Morgan fingerprint density at radius 1 is 1.07 bits per heavy atom. The van der Waals surface area contributed by atoms with Crippen LogP contribution in [0.25, 0.3) is 11.8 Å². The summed E-state index contributed by atoms with van der Waals surface area (Å²) < 4.78 is 36.9. The lowest BCUT2D eigenvalue weighted by Crippen LogP contribution is -2.40. The van der Waals surface area contributed by atoms with E-state index in [0.717, 1.165) is 16.0 Å². The van der Waals surface area contributed by atoms with Crippen molar-refractivity contribution in [2.75, 3.05) is 12.9 Å². The lowest BCUT2D eigenvalue weighted by molar-refractivity contribution is -0.138. The highest BCUT2D eigenvalue weighted by molar-refractivity contribution is 7.98. The maximum atomic E-state index is 13.9. The maximum Gasteiger partial charge on any atom is 0.387 e. The summed E-state index contributed by atoms with van der Waals surface area (Å²) in [6.07, 6.45) is 3.64. The molecule has 10 heteroatoms. The molecule has 0 radical (unpaired) electrons. The van der Waals surface area contributed by atoms with E-state index < -0.39 is 18.6 Å². The second-order valence-corrected chi connectivity index (χ2v) is 10.5. The van der Waals surface area contributed by atoms with Gasteiger partial charge in [-0.1, -0.05) is 65.9 Å². The molecule has 1 aromatic heterocycles. The van der Waals surface area contributed by atoms with Crippen LogP contribution < -0.4 is 19.6 Å². The first kappa shape index (κ1) is 27.5. The number of carbonyl (C=O) groups excluding carboxylic acids is 1. The van der Waals surface area contributed by atoms with E-state index in [-0.39, 0.29) is 23.5 Å². The van der Waals surface area contributed by atoms with Crippen LogP contribution in [0.1, 0.15) is 29.7 Å². The molecule has 3 aromatic carbocycles. The van der Waals surface area contributed by atoms with Crippen molar-refractivity contribution in [3.8, 4) is 5.75 Å². The standard InChI is InChI=1S/C30H24F2N2O4S2/c1-3-37-28(36)24-25(19-7-5-4-6-8-19)33-30-34(26(24)20-11-15-22(39-2)16-12-20)27(35)23(40-30)17-18-9-13-21(14-10-18)38-29(31)32/h4-17,26,29H,3H2,1-2H3/b23-17+/t26-/m0/s1. The van der Waals surface area contributed by atoms with Gasteiger partial charge in [0.1, 0.15) is 5.75 Å². The summed E-state index contributed by atoms with van der Waals surface area (Å²) in [5.41, 5.74) is 2.48. The quantitative estimate of drug-likeness (QED) is 0.211.